The SMILES string of the molecule is CC(NS(=O)(=O)c1cccc(C(F)(F)F)c1)C(=O)NCC(C)(C)N1CCCCC1. The highest BCUT2D eigenvalue weighted by atomic mass is 32.2. The Hall–Kier alpha value is -1.65. The zero-order valence-electron chi connectivity index (χ0n) is 16.8. The largest absolute Gasteiger partial charge is 0.416 e. The predicted octanol–water partition coefficient (Wildman–Crippen LogP) is 2.75. The molecule has 0 aromatic heterocycles. The van der Waals surface area contributed by atoms with E-state index in [1.54, 1.807) is 0 Å². The van der Waals surface area contributed by atoms with Crippen LogP contribution in [0.4, 0.5) is 13.2 Å². The lowest BCUT2D eigenvalue weighted by Crippen LogP contribution is -2.55. The number of hydrogen-bond donors (Lipinski definition) is 2. The van der Waals surface area contributed by atoms with Crippen molar-refractivity contribution in [1.82, 2.24) is 14.9 Å². The van der Waals surface area contributed by atoms with Crippen LogP contribution in [0.25, 0.3) is 0 Å². The van der Waals surface area contributed by atoms with E-state index >= 15 is 0 Å². The standard InChI is InChI=1S/C19H28F3N3O3S/c1-14(17(26)23-13-18(2,3)25-10-5-4-6-11-25)24-29(27,28)16-9-7-8-15(12-16)19(20,21)22/h7-9,12,14,24H,4-6,10-11,13H2,1-3H3,(H,23,26). The van der Waals surface area contributed by atoms with Crippen LogP contribution in [0, 0.1) is 0 Å². The van der Waals surface area contributed by atoms with Crippen molar-refractivity contribution < 1.29 is 26.4 Å². The first-order valence-electron chi connectivity index (χ1n) is 9.55. The van der Waals surface area contributed by atoms with Gasteiger partial charge in [-0.2, -0.15) is 17.9 Å². The van der Waals surface area contributed by atoms with Crippen molar-refractivity contribution in [2.24, 2.45) is 0 Å². The van der Waals surface area contributed by atoms with Gasteiger partial charge in [0.05, 0.1) is 16.5 Å². The molecule has 2 N–H and O–H groups in total. The molecule has 0 bridgehead atoms. The van der Waals surface area contributed by atoms with Gasteiger partial charge in [0.2, 0.25) is 15.9 Å². The summed E-state index contributed by atoms with van der Waals surface area (Å²) in [7, 11) is -4.28. The van der Waals surface area contributed by atoms with Crippen LogP contribution in [-0.2, 0) is 21.0 Å². The van der Waals surface area contributed by atoms with Gasteiger partial charge in [-0.15, -0.1) is 0 Å². The second-order valence-corrected chi connectivity index (χ2v) is 9.66. The third-order valence-corrected chi connectivity index (χ3v) is 6.64. The van der Waals surface area contributed by atoms with E-state index in [0.29, 0.717) is 12.6 Å². The van der Waals surface area contributed by atoms with Gasteiger partial charge in [0.25, 0.3) is 0 Å². The number of nitrogens with one attached hydrogen (secondary N) is 2. The molecule has 0 aliphatic carbocycles. The summed E-state index contributed by atoms with van der Waals surface area (Å²) in [6, 6.07) is 2.28. The normalized spacial score (nSPS) is 17.7. The van der Waals surface area contributed by atoms with Crippen molar-refractivity contribution in [2.75, 3.05) is 19.6 Å². The molecule has 0 spiro atoms. The monoisotopic (exact) mass is 435 g/mol. The highest BCUT2D eigenvalue weighted by Crippen LogP contribution is 2.30. The highest BCUT2D eigenvalue weighted by molar-refractivity contribution is 7.89. The van der Waals surface area contributed by atoms with E-state index in [-0.39, 0.29) is 5.54 Å². The molecule has 1 aromatic carbocycles. The van der Waals surface area contributed by atoms with Gasteiger partial charge in [-0.3, -0.25) is 9.69 Å². The Kier molecular flexibility index (Phi) is 7.34. The van der Waals surface area contributed by atoms with Crippen LogP contribution in [-0.4, -0.2) is 50.4 Å². The average Bonchev–Trinajstić information content (AvgIpc) is 2.66. The molecule has 1 unspecified atom stereocenters. The molecular formula is C19H28F3N3O3S. The zero-order chi connectivity index (χ0) is 21.9. The minimum absolute atomic E-state index is 0.282. The molecule has 0 radical (unpaired) electrons. The summed E-state index contributed by atoms with van der Waals surface area (Å²) in [6.45, 7) is 7.60. The van der Waals surface area contributed by atoms with Gasteiger partial charge in [-0.05, 0) is 64.9 Å². The minimum Gasteiger partial charge on any atom is -0.353 e. The molecule has 10 heteroatoms. The third kappa shape index (κ3) is 6.42. The quantitative estimate of drug-likeness (QED) is 0.690. The summed E-state index contributed by atoms with van der Waals surface area (Å²) in [6.07, 6.45) is -1.27. The molecule has 1 atom stereocenters. The minimum atomic E-state index is -4.66. The van der Waals surface area contributed by atoms with E-state index in [1.165, 1.54) is 13.3 Å². The second-order valence-electron chi connectivity index (χ2n) is 7.95. The third-order valence-electron chi connectivity index (χ3n) is 5.10. The molecule has 1 amide bonds. The van der Waals surface area contributed by atoms with Crippen LogP contribution in [0.3, 0.4) is 0 Å². The number of carbonyl (C=O) groups excluding carboxylic acids is 1. The molecule has 1 heterocycles. The summed E-state index contributed by atoms with van der Waals surface area (Å²) in [5.41, 5.74) is -1.35. The maximum Gasteiger partial charge on any atom is 0.416 e. The molecular weight excluding hydrogens is 407 g/mol. The van der Waals surface area contributed by atoms with Crippen molar-refractivity contribution in [3.63, 3.8) is 0 Å². The smallest absolute Gasteiger partial charge is 0.353 e. The highest BCUT2D eigenvalue weighted by Gasteiger charge is 2.33. The second kappa shape index (κ2) is 9.01. The Balaban J connectivity index is 1.99. The number of benzene rings is 1. The van der Waals surface area contributed by atoms with Crippen molar-refractivity contribution in [3.05, 3.63) is 29.8 Å². The maximum absolute atomic E-state index is 12.8. The lowest BCUT2D eigenvalue weighted by atomic mass is 9.98. The van der Waals surface area contributed by atoms with Gasteiger partial charge in [0.1, 0.15) is 0 Å². The molecule has 6 nitrogen and oxygen atoms in total. The molecule has 1 aliphatic rings. The molecule has 1 saturated heterocycles. The van der Waals surface area contributed by atoms with Gasteiger partial charge in [-0.25, -0.2) is 8.42 Å². The van der Waals surface area contributed by atoms with Gasteiger partial charge in [-0.1, -0.05) is 12.5 Å². The molecule has 29 heavy (non-hydrogen) atoms. The fourth-order valence-electron chi connectivity index (χ4n) is 3.26. The Labute approximate surface area is 169 Å². The van der Waals surface area contributed by atoms with Gasteiger partial charge in [0.15, 0.2) is 0 Å². The Bertz CT molecular complexity index is 819. The van der Waals surface area contributed by atoms with Crippen molar-refractivity contribution >= 4 is 15.9 Å². The fourth-order valence-corrected chi connectivity index (χ4v) is 4.51. The van der Waals surface area contributed by atoms with E-state index in [4.69, 9.17) is 0 Å². The summed E-state index contributed by atoms with van der Waals surface area (Å²) >= 11 is 0. The van der Waals surface area contributed by atoms with Gasteiger partial charge >= 0.3 is 6.18 Å². The van der Waals surface area contributed by atoms with Crippen LogP contribution < -0.4 is 10.0 Å². The molecule has 0 saturated carbocycles. The number of hydrogen-bond acceptors (Lipinski definition) is 4. The van der Waals surface area contributed by atoms with E-state index < -0.39 is 38.6 Å². The Morgan fingerprint density at radius 1 is 1.17 bits per heavy atom. The van der Waals surface area contributed by atoms with Crippen LogP contribution in [0.5, 0.6) is 0 Å². The van der Waals surface area contributed by atoms with Gasteiger partial charge < -0.3 is 5.32 Å². The van der Waals surface area contributed by atoms with Crippen LogP contribution in [0.1, 0.15) is 45.6 Å². The Morgan fingerprint density at radius 2 is 1.79 bits per heavy atom. The number of likely N-dealkylation sites (tertiary alicyclic amines) is 1. The Morgan fingerprint density at radius 3 is 2.38 bits per heavy atom. The van der Waals surface area contributed by atoms with Crippen LogP contribution in [0.15, 0.2) is 29.2 Å². The molecule has 1 aliphatic heterocycles. The number of sulfonamides is 1. The lowest BCUT2D eigenvalue weighted by molar-refractivity contribution is -0.137. The predicted molar refractivity (Wildman–Crippen MR) is 104 cm³/mol. The van der Waals surface area contributed by atoms with Crippen LogP contribution >= 0.6 is 0 Å². The van der Waals surface area contributed by atoms with Crippen molar-refractivity contribution in [3.8, 4) is 0 Å². The van der Waals surface area contributed by atoms with Crippen molar-refractivity contribution in [2.45, 2.75) is 62.7 Å². The number of piperidine rings is 1. The average molecular weight is 436 g/mol. The van der Waals surface area contributed by atoms with Crippen molar-refractivity contribution in [1.29, 1.82) is 0 Å². The first-order valence-corrected chi connectivity index (χ1v) is 11.0. The lowest BCUT2D eigenvalue weighted by Gasteiger charge is -2.41. The maximum atomic E-state index is 12.8. The summed E-state index contributed by atoms with van der Waals surface area (Å²) in [5.74, 6) is -0.536. The number of nitrogens with zero attached hydrogens (tertiary/aromatic N) is 1. The first-order chi connectivity index (χ1) is 13.3. The number of carbonyl (C=O) groups is 1. The topological polar surface area (TPSA) is 78.5 Å². The van der Waals surface area contributed by atoms with Crippen LogP contribution in [0.2, 0.25) is 0 Å². The van der Waals surface area contributed by atoms with E-state index in [1.807, 2.05) is 13.8 Å². The molecule has 1 fully saturated rings. The summed E-state index contributed by atoms with van der Waals surface area (Å²) in [4.78, 5) is 14.1. The summed E-state index contributed by atoms with van der Waals surface area (Å²) < 4.78 is 65.4. The number of rotatable bonds is 7. The molecule has 2 rings (SSSR count). The number of amides is 1. The number of alkyl halides is 3. The van der Waals surface area contributed by atoms with E-state index in [0.717, 1.165) is 44.1 Å². The van der Waals surface area contributed by atoms with E-state index in [9.17, 15) is 26.4 Å². The molecule has 1 aromatic rings. The zero-order valence-corrected chi connectivity index (χ0v) is 17.7. The van der Waals surface area contributed by atoms with E-state index in [2.05, 4.69) is 14.9 Å². The van der Waals surface area contributed by atoms with Gasteiger partial charge in [0, 0.05) is 12.1 Å². The first kappa shape index (κ1) is 23.6. The number of halogens is 3. The fraction of sp³-hybridized carbons (Fsp3) is 0.632. The summed E-state index contributed by atoms with van der Waals surface area (Å²) in [5, 5.41) is 2.74. The molecule has 164 valence electrons.